The third-order valence-electron chi connectivity index (χ3n) is 6.13. The maximum Gasteiger partial charge on any atom is 0.247 e. The lowest BCUT2D eigenvalue weighted by molar-refractivity contribution is -0.117. The van der Waals surface area contributed by atoms with E-state index in [1.54, 1.807) is 34.8 Å². The number of amides is 1. The molecule has 2 heterocycles. The van der Waals surface area contributed by atoms with Crippen LogP contribution in [0, 0.1) is 5.82 Å². The van der Waals surface area contributed by atoms with Crippen LogP contribution in [0.25, 0.3) is 16.8 Å². The van der Waals surface area contributed by atoms with E-state index in [0.29, 0.717) is 28.5 Å². The van der Waals surface area contributed by atoms with Gasteiger partial charge in [0.05, 0.1) is 7.11 Å². The first-order valence-corrected chi connectivity index (χ1v) is 13.9. The third-order valence-corrected chi connectivity index (χ3v) is 7.26. The number of hydrogen-bond donors (Lipinski definition) is 3. The molecule has 12 heteroatoms. The van der Waals surface area contributed by atoms with Gasteiger partial charge in [-0.3, -0.25) is 4.79 Å². The average molecular weight is 561 g/mol. The van der Waals surface area contributed by atoms with Crippen LogP contribution in [-0.4, -0.2) is 42.3 Å². The number of sulfone groups is 1. The van der Waals surface area contributed by atoms with Crippen molar-refractivity contribution in [1.29, 1.82) is 0 Å². The summed E-state index contributed by atoms with van der Waals surface area (Å²) in [5.74, 6) is -0.375. The number of carbonyl (C=O) groups is 1. The van der Waals surface area contributed by atoms with Crippen LogP contribution in [0.4, 0.5) is 21.7 Å². The molecule has 0 saturated carbocycles. The number of ether oxygens (including phenoxy) is 1. The monoisotopic (exact) mass is 560 g/mol. The van der Waals surface area contributed by atoms with Gasteiger partial charge in [0.25, 0.3) is 0 Å². The van der Waals surface area contributed by atoms with E-state index >= 15 is 0 Å². The number of nitrogens with two attached hydrogens (primary N) is 1. The maximum atomic E-state index is 13.5. The summed E-state index contributed by atoms with van der Waals surface area (Å²) in [6.45, 7) is 0. The molecule has 40 heavy (non-hydrogen) atoms. The lowest BCUT2D eigenvalue weighted by atomic mass is 10.1. The number of methoxy groups -OCH3 is 1. The summed E-state index contributed by atoms with van der Waals surface area (Å²) in [5, 5.41) is 10.3. The highest BCUT2D eigenvalue weighted by Crippen LogP contribution is 2.29. The van der Waals surface area contributed by atoms with Crippen molar-refractivity contribution in [1.82, 2.24) is 14.6 Å². The van der Waals surface area contributed by atoms with E-state index in [-0.39, 0.29) is 10.6 Å². The Labute approximate surface area is 229 Å². The molecule has 0 unspecified atom stereocenters. The molecule has 0 aliphatic rings. The van der Waals surface area contributed by atoms with Gasteiger partial charge in [0, 0.05) is 35.5 Å². The number of nitrogens with zero attached hydrogens (tertiary/aromatic N) is 3. The van der Waals surface area contributed by atoms with Gasteiger partial charge in [-0.05, 0) is 59.7 Å². The summed E-state index contributed by atoms with van der Waals surface area (Å²) >= 11 is 0. The summed E-state index contributed by atoms with van der Waals surface area (Å²) in [5.41, 5.74) is 9.82. The lowest BCUT2D eigenvalue weighted by Crippen LogP contribution is -2.27. The Balaban J connectivity index is 1.30. The molecule has 0 spiro atoms. The van der Waals surface area contributed by atoms with E-state index in [4.69, 9.17) is 10.5 Å². The van der Waals surface area contributed by atoms with Crippen LogP contribution in [0.2, 0.25) is 0 Å². The number of benzene rings is 3. The number of carbonyl (C=O) groups excluding carboxylic acids is 1. The van der Waals surface area contributed by atoms with Crippen LogP contribution in [-0.2, 0) is 14.6 Å². The molecule has 3 aromatic carbocycles. The quantitative estimate of drug-likeness (QED) is 0.255. The topological polar surface area (TPSA) is 141 Å². The summed E-state index contributed by atoms with van der Waals surface area (Å²) in [6, 6.07) is 20.2. The molecule has 4 N–H and O–H groups in total. The van der Waals surface area contributed by atoms with Crippen LogP contribution in [0.15, 0.2) is 90.0 Å². The highest BCUT2D eigenvalue weighted by atomic mass is 32.2. The van der Waals surface area contributed by atoms with Gasteiger partial charge >= 0.3 is 0 Å². The number of pyridine rings is 1. The first-order chi connectivity index (χ1) is 19.1. The molecule has 2 aromatic heterocycles. The standard InChI is InChI=1S/C28H25FN6O4S/c1-39-23-15-22(11-12-24(23)40(2,37)38)32-28-33-25-13-8-19(16-35(25)34-28)17-6-9-21(10-7-17)31-27(36)26(30)18-4-3-5-20(29)14-18/h3-16,26H,30H2,1-2H3,(H,31,36)(H,32,34)/t26-/m0/s1. The molecule has 0 aliphatic carbocycles. The third kappa shape index (κ3) is 5.77. The normalized spacial score (nSPS) is 12.2. The minimum Gasteiger partial charge on any atom is -0.495 e. The Bertz CT molecular complexity index is 1820. The van der Waals surface area contributed by atoms with Gasteiger partial charge in [-0.15, -0.1) is 5.10 Å². The van der Waals surface area contributed by atoms with Crippen molar-refractivity contribution >= 4 is 38.7 Å². The number of nitrogens with one attached hydrogen (secondary N) is 2. The molecule has 0 fully saturated rings. The number of halogens is 1. The van der Waals surface area contributed by atoms with Gasteiger partial charge in [0.2, 0.25) is 11.9 Å². The van der Waals surface area contributed by atoms with Crippen molar-refractivity contribution < 1.29 is 22.3 Å². The van der Waals surface area contributed by atoms with E-state index in [0.717, 1.165) is 17.4 Å². The molecule has 0 saturated heterocycles. The number of hydrogen-bond acceptors (Lipinski definition) is 8. The van der Waals surface area contributed by atoms with E-state index in [9.17, 15) is 17.6 Å². The van der Waals surface area contributed by atoms with Gasteiger partial charge in [-0.2, -0.15) is 4.98 Å². The Kier molecular flexibility index (Phi) is 7.20. The Morgan fingerprint density at radius 3 is 2.42 bits per heavy atom. The fourth-order valence-electron chi connectivity index (χ4n) is 4.11. The highest BCUT2D eigenvalue weighted by molar-refractivity contribution is 7.90. The fraction of sp³-hybridized carbons (Fsp3) is 0.107. The minimum atomic E-state index is -3.44. The maximum absolute atomic E-state index is 13.5. The SMILES string of the molecule is COc1cc(Nc2nc3ccc(-c4ccc(NC(=O)[C@@H](N)c5cccc(F)c5)cc4)cn3n2)ccc1S(C)(=O)=O. The summed E-state index contributed by atoms with van der Waals surface area (Å²) in [4.78, 5) is 17.1. The second-order valence-electron chi connectivity index (χ2n) is 9.02. The molecule has 0 radical (unpaired) electrons. The summed E-state index contributed by atoms with van der Waals surface area (Å²) < 4.78 is 44.2. The minimum absolute atomic E-state index is 0.0909. The molecular weight excluding hydrogens is 535 g/mol. The largest absolute Gasteiger partial charge is 0.495 e. The molecule has 1 amide bonds. The van der Waals surface area contributed by atoms with Crippen molar-refractivity contribution in [2.75, 3.05) is 24.0 Å². The van der Waals surface area contributed by atoms with Gasteiger partial charge in [-0.25, -0.2) is 17.3 Å². The van der Waals surface area contributed by atoms with Crippen LogP contribution in [0.5, 0.6) is 5.75 Å². The van der Waals surface area contributed by atoms with E-state index in [1.165, 1.54) is 31.4 Å². The van der Waals surface area contributed by atoms with Crippen molar-refractivity contribution in [3.63, 3.8) is 0 Å². The van der Waals surface area contributed by atoms with Gasteiger partial charge < -0.3 is 21.1 Å². The zero-order valence-electron chi connectivity index (χ0n) is 21.5. The predicted molar refractivity (Wildman–Crippen MR) is 150 cm³/mol. The molecule has 0 aliphatic heterocycles. The molecule has 10 nitrogen and oxygen atoms in total. The first kappa shape index (κ1) is 26.8. The molecule has 5 rings (SSSR count). The van der Waals surface area contributed by atoms with E-state index in [1.807, 2.05) is 30.5 Å². The second-order valence-corrected chi connectivity index (χ2v) is 11.0. The van der Waals surface area contributed by atoms with Crippen LogP contribution in [0.1, 0.15) is 11.6 Å². The summed E-state index contributed by atoms with van der Waals surface area (Å²) in [7, 11) is -2.04. The van der Waals surface area contributed by atoms with E-state index < -0.39 is 27.6 Å². The van der Waals surface area contributed by atoms with Gasteiger partial charge in [0.1, 0.15) is 22.5 Å². The Morgan fingerprint density at radius 2 is 1.73 bits per heavy atom. The molecule has 1 atom stereocenters. The Morgan fingerprint density at radius 1 is 1.00 bits per heavy atom. The second kappa shape index (κ2) is 10.8. The zero-order valence-corrected chi connectivity index (χ0v) is 22.3. The number of rotatable bonds is 8. The number of aromatic nitrogens is 3. The molecular formula is C28H25FN6O4S. The molecule has 5 aromatic rings. The van der Waals surface area contributed by atoms with Gasteiger partial charge in [0.15, 0.2) is 15.5 Å². The van der Waals surface area contributed by atoms with Gasteiger partial charge in [-0.1, -0.05) is 24.3 Å². The van der Waals surface area contributed by atoms with Crippen molar-refractivity contribution in [3.05, 3.63) is 96.4 Å². The fourth-order valence-corrected chi connectivity index (χ4v) is 4.93. The zero-order chi connectivity index (χ0) is 28.4. The molecule has 204 valence electrons. The van der Waals surface area contributed by atoms with Crippen molar-refractivity contribution in [2.45, 2.75) is 10.9 Å². The number of fused-ring (bicyclic) bond motifs is 1. The predicted octanol–water partition coefficient (Wildman–Crippen LogP) is 4.33. The first-order valence-electron chi connectivity index (χ1n) is 12.0. The number of anilines is 3. The van der Waals surface area contributed by atoms with Crippen LogP contribution < -0.4 is 21.1 Å². The highest BCUT2D eigenvalue weighted by Gasteiger charge is 2.17. The Hall–Kier alpha value is -4.81. The van der Waals surface area contributed by atoms with Crippen LogP contribution >= 0.6 is 0 Å². The van der Waals surface area contributed by atoms with Crippen LogP contribution in [0.3, 0.4) is 0 Å². The molecule has 0 bridgehead atoms. The smallest absolute Gasteiger partial charge is 0.247 e. The van der Waals surface area contributed by atoms with E-state index in [2.05, 4.69) is 20.7 Å². The lowest BCUT2D eigenvalue weighted by Gasteiger charge is -2.13. The average Bonchev–Trinajstić information content (AvgIpc) is 3.33. The van der Waals surface area contributed by atoms with Crippen molar-refractivity contribution in [2.24, 2.45) is 5.73 Å². The summed E-state index contributed by atoms with van der Waals surface area (Å²) in [6.07, 6.45) is 2.93. The van der Waals surface area contributed by atoms with Crippen molar-refractivity contribution in [3.8, 4) is 16.9 Å².